The molecule has 5 nitrogen and oxygen atoms in total. The van der Waals surface area contributed by atoms with E-state index in [9.17, 15) is 4.79 Å². The summed E-state index contributed by atoms with van der Waals surface area (Å²) in [4.78, 5) is 14.2. The van der Waals surface area contributed by atoms with E-state index in [1.54, 1.807) is 0 Å². The van der Waals surface area contributed by atoms with Crippen LogP contribution in [0, 0.1) is 0 Å². The molecular weight excluding hydrogens is 192 g/mol. The molecule has 5 heteroatoms. The molecule has 0 aliphatic carbocycles. The zero-order valence-electron chi connectivity index (χ0n) is 8.26. The van der Waals surface area contributed by atoms with Crippen LogP contribution in [0.1, 0.15) is 11.7 Å². The van der Waals surface area contributed by atoms with Gasteiger partial charge in [0.05, 0.1) is 6.54 Å². The van der Waals surface area contributed by atoms with Gasteiger partial charge in [-0.05, 0) is 5.56 Å². The fourth-order valence-electron chi connectivity index (χ4n) is 1.18. The van der Waals surface area contributed by atoms with Gasteiger partial charge in [-0.25, -0.2) is 4.99 Å². The number of aldehydes is 1. The van der Waals surface area contributed by atoms with Crippen molar-refractivity contribution in [3.8, 4) is 0 Å². The molecule has 0 saturated carbocycles. The van der Waals surface area contributed by atoms with E-state index in [0.717, 1.165) is 11.8 Å². The van der Waals surface area contributed by atoms with Crippen LogP contribution in [-0.4, -0.2) is 18.8 Å². The Morgan fingerprint density at radius 2 is 2.07 bits per heavy atom. The van der Waals surface area contributed by atoms with Crippen LogP contribution < -0.4 is 16.8 Å². The summed E-state index contributed by atoms with van der Waals surface area (Å²) in [6, 6.07) is 9.43. The Labute approximate surface area is 88.2 Å². The average Bonchev–Trinajstić information content (AvgIpc) is 2.25. The lowest BCUT2D eigenvalue weighted by molar-refractivity contribution is -0.107. The number of nitrogens with two attached hydrogens (primary N) is 2. The second kappa shape index (κ2) is 5.77. The standard InChI is InChI=1S/C10H14N4O/c11-10(12)14-9(13-6-7-15)8-4-2-1-3-5-8/h1-5,7,9,13H,6H2,(H4,11,12,14). The molecule has 0 amide bonds. The summed E-state index contributed by atoms with van der Waals surface area (Å²) in [5.74, 6) is -0.0118. The van der Waals surface area contributed by atoms with E-state index in [2.05, 4.69) is 10.3 Å². The highest BCUT2D eigenvalue weighted by Gasteiger charge is 2.07. The van der Waals surface area contributed by atoms with Crippen LogP contribution in [0.5, 0.6) is 0 Å². The highest BCUT2D eigenvalue weighted by Crippen LogP contribution is 2.12. The number of rotatable bonds is 5. The number of guanidine groups is 1. The third-order valence-electron chi connectivity index (χ3n) is 1.79. The molecule has 80 valence electrons. The van der Waals surface area contributed by atoms with Crippen LogP contribution in [-0.2, 0) is 4.79 Å². The first-order chi connectivity index (χ1) is 7.24. The summed E-state index contributed by atoms with van der Waals surface area (Å²) in [5, 5.41) is 2.90. The quantitative estimate of drug-likeness (QED) is 0.352. The summed E-state index contributed by atoms with van der Waals surface area (Å²) in [6.45, 7) is 0.205. The van der Waals surface area contributed by atoms with Gasteiger partial charge in [0, 0.05) is 0 Å². The van der Waals surface area contributed by atoms with Crippen LogP contribution in [0.15, 0.2) is 35.3 Å². The summed E-state index contributed by atoms with van der Waals surface area (Å²) in [5.41, 5.74) is 11.5. The van der Waals surface area contributed by atoms with E-state index in [1.807, 2.05) is 30.3 Å². The third-order valence-corrected chi connectivity index (χ3v) is 1.79. The summed E-state index contributed by atoms with van der Waals surface area (Å²) < 4.78 is 0. The van der Waals surface area contributed by atoms with Gasteiger partial charge < -0.3 is 16.3 Å². The monoisotopic (exact) mass is 206 g/mol. The van der Waals surface area contributed by atoms with Crippen molar-refractivity contribution in [2.75, 3.05) is 6.54 Å². The lowest BCUT2D eigenvalue weighted by atomic mass is 10.2. The average molecular weight is 206 g/mol. The number of nitrogens with zero attached hydrogens (tertiary/aromatic N) is 1. The maximum absolute atomic E-state index is 10.3. The predicted octanol–water partition coefficient (Wildman–Crippen LogP) is -0.253. The van der Waals surface area contributed by atoms with Crippen LogP contribution in [0.3, 0.4) is 0 Å². The second-order valence-electron chi connectivity index (χ2n) is 2.94. The minimum absolute atomic E-state index is 0.0118. The Hall–Kier alpha value is -1.88. The normalized spacial score (nSPS) is 11.7. The molecule has 5 N–H and O–H groups in total. The summed E-state index contributed by atoms with van der Waals surface area (Å²) in [6.07, 6.45) is 0.388. The first kappa shape index (κ1) is 11.2. The molecule has 1 unspecified atom stereocenters. The Morgan fingerprint density at radius 3 is 2.60 bits per heavy atom. The minimum atomic E-state index is -0.374. The molecule has 0 fully saturated rings. The second-order valence-corrected chi connectivity index (χ2v) is 2.94. The first-order valence-electron chi connectivity index (χ1n) is 4.54. The highest BCUT2D eigenvalue weighted by molar-refractivity contribution is 5.76. The molecule has 1 aromatic rings. The Kier molecular flexibility index (Phi) is 4.30. The van der Waals surface area contributed by atoms with E-state index in [4.69, 9.17) is 11.5 Å². The molecule has 0 bridgehead atoms. The van der Waals surface area contributed by atoms with Gasteiger partial charge in [0.1, 0.15) is 12.5 Å². The minimum Gasteiger partial charge on any atom is -0.370 e. The number of hydrogen-bond donors (Lipinski definition) is 3. The Bertz CT molecular complexity index is 333. The number of carbonyl (C=O) groups is 1. The Morgan fingerprint density at radius 1 is 1.40 bits per heavy atom. The fraction of sp³-hybridized carbons (Fsp3) is 0.200. The van der Waals surface area contributed by atoms with Crippen LogP contribution in [0.2, 0.25) is 0 Å². The fourth-order valence-corrected chi connectivity index (χ4v) is 1.18. The first-order valence-corrected chi connectivity index (χ1v) is 4.54. The molecule has 0 aliphatic rings. The van der Waals surface area contributed by atoms with Crippen molar-refractivity contribution in [3.05, 3.63) is 35.9 Å². The lowest BCUT2D eigenvalue weighted by Crippen LogP contribution is -2.29. The molecule has 0 radical (unpaired) electrons. The van der Waals surface area contributed by atoms with E-state index in [0.29, 0.717) is 0 Å². The molecular formula is C10H14N4O. The van der Waals surface area contributed by atoms with Gasteiger partial charge in [-0.2, -0.15) is 0 Å². The van der Waals surface area contributed by atoms with Gasteiger partial charge >= 0.3 is 0 Å². The number of carbonyl (C=O) groups excluding carboxylic acids is 1. The molecule has 1 aromatic carbocycles. The van der Waals surface area contributed by atoms with Crippen LogP contribution in [0.4, 0.5) is 0 Å². The van der Waals surface area contributed by atoms with Crippen LogP contribution in [0.25, 0.3) is 0 Å². The van der Waals surface area contributed by atoms with Crippen molar-refractivity contribution in [2.45, 2.75) is 6.17 Å². The van der Waals surface area contributed by atoms with Gasteiger partial charge in [0.15, 0.2) is 5.96 Å². The molecule has 1 atom stereocenters. The van der Waals surface area contributed by atoms with Crippen molar-refractivity contribution < 1.29 is 4.79 Å². The smallest absolute Gasteiger partial charge is 0.187 e. The van der Waals surface area contributed by atoms with Crippen LogP contribution >= 0.6 is 0 Å². The number of nitrogens with one attached hydrogen (secondary N) is 1. The lowest BCUT2D eigenvalue weighted by Gasteiger charge is -2.13. The van der Waals surface area contributed by atoms with E-state index < -0.39 is 0 Å². The van der Waals surface area contributed by atoms with Gasteiger partial charge in [0.25, 0.3) is 0 Å². The number of aliphatic imine (C=N–C) groups is 1. The molecule has 0 aromatic heterocycles. The van der Waals surface area contributed by atoms with E-state index >= 15 is 0 Å². The highest BCUT2D eigenvalue weighted by atomic mass is 16.1. The number of benzene rings is 1. The van der Waals surface area contributed by atoms with Crippen molar-refractivity contribution in [1.29, 1.82) is 0 Å². The molecule has 0 saturated heterocycles. The van der Waals surface area contributed by atoms with E-state index in [-0.39, 0.29) is 18.7 Å². The van der Waals surface area contributed by atoms with Crippen molar-refractivity contribution >= 4 is 12.2 Å². The third kappa shape index (κ3) is 3.78. The zero-order chi connectivity index (χ0) is 11.1. The van der Waals surface area contributed by atoms with Crippen molar-refractivity contribution in [3.63, 3.8) is 0 Å². The van der Waals surface area contributed by atoms with Crippen molar-refractivity contribution in [2.24, 2.45) is 16.5 Å². The largest absolute Gasteiger partial charge is 0.370 e. The predicted molar refractivity (Wildman–Crippen MR) is 59.1 cm³/mol. The van der Waals surface area contributed by atoms with Gasteiger partial charge in [0.2, 0.25) is 0 Å². The number of hydrogen-bond acceptors (Lipinski definition) is 3. The SMILES string of the molecule is NC(N)=NC(NCC=O)c1ccccc1. The van der Waals surface area contributed by atoms with Gasteiger partial charge in [-0.15, -0.1) is 0 Å². The molecule has 15 heavy (non-hydrogen) atoms. The Balaban J connectivity index is 2.81. The molecule has 0 spiro atoms. The molecule has 1 rings (SSSR count). The van der Waals surface area contributed by atoms with Gasteiger partial charge in [-0.1, -0.05) is 30.3 Å². The maximum Gasteiger partial charge on any atom is 0.187 e. The topological polar surface area (TPSA) is 93.5 Å². The maximum atomic E-state index is 10.3. The summed E-state index contributed by atoms with van der Waals surface area (Å²) >= 11 is 0. The summed E-state index contributed by atoms with van der Waals surface area (Å²) in [7, 11) is 0. The molecule has 0 heterocycles. The molecule has 0 aliphatic heterocycles. The van der Waals surface area contributed by atoms with E-state index in [1.165, 1.54) is 0 Å². The van der Waals surface area contributed by atoms with Crippen molar-refractivity contribution in [1.82, 2.24) is 5.32 Å². The van der Waals surface area contributed by atoms with Gasteiger partial charge in [-0.3, -0.25) is 5.32 Å². The zero-order valence-corrected chi connectivity index (χ0v) is 8.26.